The molecule has 5 nitrogen and oxygen atoms in total. The maximum atomic E-state index is 12.4. The third kappa shape index (κ3) is 4.09. The zero-order valence-electron chi connectivity index (χ0n) is 14.0. The molecule has 2 aliphatic rings. The van der Waals surface area contributed by atoms with E-state index in [0.717, 1.165) is 32.4 Å². The number of hydrogen-bond acceptors (Lipinski definition) is 4. The van der Waals surface area contributed by atoms with Gasteiger partial charge in [0.15, 0.2) is 11.5 Å². The molecule has 0 atom stereocenters. The number of carbonyl (C=O) groups is 3. The van der Waals surface area contributed by atoms with Gasteiger partial charge in [0.2, 0.25) is 11.7 Å². The first-order chi connectivity index (χ1) is 11.1. The minimum absolute atomic E-state index is 0.0631. The van der Waals surface area contributed by atoms with Crippen LogP contribution in [-0.2, 0) is 19.1 Å². The number of ether oxygens (including phenoxy) is 1. The normalized spacial score (nSPS) is 19.0. The maximum absolute atomic E-state index is 12.4. The first-order valence-electron chi connectivity index (χ1n) is 8.43. The largest absolute Gasteiger partial charge is 0.492 e. The third-order valence-electron chi connectivity index (χ3n) is 4.40. The van der Waals surface area contributed by atoms with Crippen LogP contribution in [0.5, 0.6) is 0 Å². The quantitative estimate of drug-likeness (QED) is 0.706. The molecular weight excluding hydrogens is 294 g/mol. The Balaban J connectivity index is 2.01. The van der Waals surface area contributed by atoms with Gasteiger partial charge in [0.25, 0.3) is 0 Å². The van der Waals surface area contributed by atoms with Crippen LogP contribution < -0.4 is 0 Å². The summed E-state index contributed by atoms with van der Waals surface area (Å²) in [5.74, 6) is -0.196. The second-order valence-corrected chi connectivity index (χ2v) is 6.07. The summed E-state index contributed by atoms with van der Waals surface area (Å²) in [6.45, 7) is 3.55. The number of methoxy groups -OCH3 is 1. The second-order valence-electron chi connectivity index (χ2n) is 6.07. The summed E-state index contributed by atoms with van der Waals surface area (Å²) in [5.41, 5.74) is 0.836. The standard InChI is InChI=1S/C18H25NO4/c1-3-7-14-15(20)12-13(17(22)18(14)23-2)8-9-16(21)19-10-5-4-6-11-19/h12H,3-11H2,1-2H3. The predicted octanol–water partition coefficient (Wildman–Crippen LogP) is 2.56. The molecule has 0 N–H and O–H groups in total. The number of rotatable bonds is 6. The molecule has 1 aliphatic carbocycles. The molecule has 0 spiro atoms. The molecule has 1 amide bonds. The lowest BCUT2D eigenvalue weighted by molar-refractivity contribution is -0.132. The van der Waals surface area contributed by atoms with Crippen LogP contribution in [0.3, 0.4) is 0 Å². The summed E-state index contributed by atoms with van der Waals surface area (Å²) in [4.78, 5) is 38.7. The fraction of sp³-hybridized carbons (Fsp3) is 0.611. The number of piperidine rings is 1. The Bertz CT molecular complexity index is 553. The molecular formula is C18H25NO4. The molecule has 5 heteroatoms. The Morgan fingerprint density at radius 2 is 1.87 bits per heavy atom. The van der Waals surface area contributed by atoms with E-state index in [1.165, 1.54) is 19.6 Å². The second kappa shape index (κ2) is 8.09. The van der Waals surface area contributed by atoms with Crippen LogP contribution in [0.25, 0.3) is 0 Å². The van der Waals surface area contributed by atoms with E-state index in [1.807, 2.05) is 11.8 Å². The molecule has 0 aromatic carbocycles. The number of amides is 1. The molecule has 1 saturated heterocycles. The predicted molar refractivity (Wildman–Crippen MR) is 86.7 cm³/mol. The average molecular weight is 319 g/mol. The molecule has 126 valence electrons. The molecule has 0 unspecified atom stereocenters. The number of Topliss-reactive ketones (excluding diaryl/α,β-unsaturated/α-hetero) is 1. The van der Waals surface area contributed by atoms with Crippen molar-refractivity contribution in [2.45, 2.75) is 51.9 Å². The van der Waals surface area contributed by atoms with Crippen LogP contribution >= 0.6 is 0 Å². The van der Waals surface area contributed by atoms with E-state index in [-0.39, 0.29) is 29.7 Å². The van der Waals surface area contributed by atoms with Crippen molar-refractivity contribution in [1.82, 2.24) is 4.90 Å². The molecule has 0 bridgehead atoms. The van der Waals surface area contributed by atoms with E-state index in [4.69, 9.17) is 4.74 Å². The smallest absolute Gasteiger partial charge is 0.224 e. The minimum Gasteiger partial charge on any atom is -0.492 e. The maximum Gasteiger partial charge on any atom is 0.224 e. The highest BCUT2D eigenvalue weighted by Gasteiger charge is 2.29. The van der Waals surface area contributed by atoms with Crippen LogP contribution in [-0.4, -0.2) is 42.6 Å². The van der Waals surface area contributed by atoms with Crippen LogP contribution in [0.4, 0.5) is 0 Å². The van der Waals surface area contributed by atoms with Crippen molar-refractivity contribution in [3.63, 3.8) is 0 Å². The van der Waals surface area contributed by atoms with Gasteiger partial charge in [-0.2, -0.15) is 0 Å². The number of hydrogen-bond donors (Lipinski definition) is 0. The summed E-state index contributed by atoms with van der Waals surface area (Å²) < 4.78 is 5.17. The first-order valence-corrected chi connectivity index (χ1v) is 8.43. The van der Waals surface area contributed by atoms with E-state index >= 15 is 0 Å². The van der Waals surface area contributed by atoms with Crippen LogP contribution in [0.15, 0.2) is 23.0 Å². The molecule has 1 aliphatic heterocycles. The average Bonchev–Trinajstić information content (AvgIpc) is 2.57. The van der Waals surface area contributed by atoms with Gasteiger partial charge in [0.1, 0.15) is 0 Å². The van der Waals surface area contributed by atoms with Crippen molar-refractivity contribution in [3.8, 4) is 0 Å². The zero-order valence-corrected chi connectivity index (χ0v) is 14.0. The first kappa shape index (κ1) is 17.4. The van der Waals surface area contributed by atoms with E-state index in [2.05, 4.69) is 0 Å². The topological polar surface area (TPSA) is 63.7 Å². The highest BCUT2D eigenvalue weighted by molar-refractivity contribution is 6.21. The van der Waals surface area contributed by atoms with Gasteiger partial charge < -0.3 is 9.64 Å². The van der Waals surface area contributed by atoms with E-state index in [1.54, 1.807) is 0 Å². The highest BCUT2D eigenvalue weighted by atomic mass is 16.5. The molecule has 1 fully saturated rings. The lowest BCUT2D eigenvalue weighted by Gasteiger charge is -2.27. The number of likely N-dealkylation sites (tertiary alicyclic amines) is 1. The Morgan fingerprint density at radius 3 is 2.48 bits per heavy atom. The van der Waals surface area contributed by atoms with E-state index in [9.17, 15) is 14.4 Å². The van der Waals surface area contributed by atoms with Gasteiger partial charge in [-0.05, 0) is 38.2 Å². The van der Waals surface area contributed by atoms with Gasteiger partial charge in [0.05, 0.1) is 7.11 Å². The van der Waals surface area contributed by atoms with Crippen molar-refractivity contribution >= 4 is 17.5 Å². The molecule has 0 aromatic heterocycles. The summed E-state index contributed by atoms with van der Waals surface area (Å²) in [6, 6.07) is 0. The SMILES string of the molecule is CCCC1=C(OC)C(=O)C(CCC(=O)N2CCCCC2)=CC1=O. The van der Waals surface area contributed by atoms with Gasteiger partial charge in [-0.25, -0.2) is 0 Å². The molecule has 23 heavy (non-hydrogen) atoms. The van der Waals surface area contributed by atoms with Crippen LogP contribution in [0.2, 0.25) is 0 Å². The van der Waals surface area contributed by atoms with Gasteiger partial charge in [0, 0.05) is 30.7 Å². The highest BCUT2D eigenvalue weighted by Crippen LogP contribution is 2.26. The molecule has 0 radical (unpaired) electrons. The van der Waals surface area contributed by atoms with E-state index in [0.29, 0.717) is 24.0 Å². The number of ketones is 2. The van der Waals surface area contributed by atoms with Gasteiger partial charge in [-0.3, -0.25) is 14.4 Å². The molecule has 0 saturated carbocycles. The van der Waals surface area contributed by atoms with Crippen molar-refractivity contribution < 1.29 is 19.1 Å². The van der Waals surface area contributed by atoms with Crippen molar-refractivity contribution in [1.29, 1.82) is 0 Å². The Kier molecular flexibility index (Phi) is 6.13. The van der Waals surface area contributed by atoms with Crippen molar-refractivity contribution in [2.24, 2.45) is 0 Å². The van der Waals surface area contributed by atoms with E-state index < -0.39 is 0 Å². The fourth-order valence-electron chi connectivity index (χ4n) is 3.14. The number of allylic oxidation sites excluding steroid dienone is 3. The van der Waals surface area contributed by atoms with Gasteiger partial charge in [-0.15, -0.1) is 0 Å². The summed E-state index contributed by atoms with van der Waals surface area (Å²) in [6.07, 6.45) is 6.52. The van der Waals surface area contributed by atoms with Crippen molar-refractivity contribution in [3.05, 3.63) is 23.0 Å². The van der Waals surface area contributed by atoms with Gasteiger partial charge >= 0.3 is 0 Å². The Hall–Kier alpha value is -1.91. The lowest BCUT2D eigenvalue weighted by atomic mass is 9.90. The minimum atomic E-state index is -0.248. The Labute approximate surface area is 137 Å². The monoisotopic (exact) mass is 319 g/mol. The molecule has 1 heterocycles. The summed E-state index contributed by atoms with van der Waals surface area (Å²) in [7, 11) is 1.41. The third-order valence-corrected chi connectivity index (χ3v) is 4.40. The summed E-state index contributed by atoms with van der Waals surface area (Å²) in [5, 5.41) is 0. The Morgan fingerprint density at radius 1 is 1.17 bits per heavy atom. The van der Waals surface area contributed by atoms with Gasteiger partial charge in [-0.1, -0.05) is 13.3 Å². The summed E-state index contributed by atoms with van der Waals surface area (Å²) >= 11 is 0. The van der Waals surface area contributed by atoms with Crippen LogP contribution in [0, 0.1) is 0 Å². The zero-order chi connectivity index (χ0) is 16.8. The fourth-order valence-corrected chi connectivity index (χ4v) is 3.14. The molecule has 0 aromatic rings. The lowest BCUT2D eigenvalue weighted by Crippen LogP contribution is -2.35. The van der Waals surface area contributed by atoms with Crippen molar-refractivity contribution in [2.75, 3.05) is 20.2 Å². The number of carbonyl (C=O) groups excluding carboxylic acids is 3. The van der Waals surface area contributed by atoms with Crippen LogP contribution in [0.1, 0.15) is 51.9 Å². The number of nitrogens with zero attached hydrogens (tertiary/aromatic N) is 1. The molecule has 2 rings (SSSR count).